The first kappa shape index (κ1) is 17.7. The largest absolute Gasteiger partial charge is 0.372 e. The minimum Gasteiger partial charge on any atom is -0.372 e. The van der Waals surface area contributed by atoms with Gasteiger partial charge in [-0.3, -0.25) is 4.79 Å². The lowest BCUT2D eigenvalue weighted by Crippen LogP contribution is -2.44. The van der Waals surface area contributed by atoms with Crippen molar-refractivity contribution in [1.29, 1.82) is 5.26 Å². The van der Waals surface area contributed by atoms with Crippen molar-refractivity contribution in [2.45, 2.75) is 31.0 Å². The SMILES string of the molecule is CN(C)C(=O)CO[C@@H]1COC2(CCN(c3ccc(C#N)cc3)CC2)C1. The van der Waals surface area contributed by atoms with E-state index in [0.717, 1.165) is 38.0 Å². The Hall–Kier alpha value is -2.10. The van der Waals surface area contributed by atoms with Gasteiger partial charge in [0.15, 0.2) is 0 Å². The van der Waals surface area contributed by atoms with Crippen molar-refractivity contribution in [2.75, 3.05) is 45.3 Å². The van der Waals surface area contributed by atoms with E-state index in [4.69, 9.17) is 14.7 Å². The zero-order valence-electron chi connectivity index (χ0n) is 14.9. The second kappa shape index (κ2) is 7.42. The van der Waals surface area contributed by atoms with Crippen LogP contribution in [0, 0.1) is 11.3 Å². The molecule has 0 bridgehead atoms. The Morgan fingerprint density at radius 3 is 2.64 bits per heavy atom. The number of piperidine rings is 1. The van der Waals surface area contributed by atoms with E-state index in [1.54, 1.807) is 19.0 Å². The van der Waals surface area contributed by atoms with Gasteiger partial charge >= 0.3 is 0 Å². The van der Waals surface area contributed by atoms with Gasteiger partial charge in [-0.2, -0.15) is 5.26 Å². The summed E-state index contributed by atoms with van der Waals surface area (Å²) in [4.78, 5) is 15.5. The molecule has 2 aliphatic rings. The molecule has 0 N–H and O–H groups in total. The Labute approximate surface area is 148 Å². The normalized spacial score (nSPS) is 22.0. The molecule has 6 nitrogen and oxygen atoms in total. The number of ether oxygens (including phenoxy) is 2. The monoisotopic (exact) mass is 343 g/mol. The van der Waals surface area contributed by atoms with Crippen molar-refractivity contribution in [3.8, 4) is 6.07 Å². The van der Waals surface area contributed by atoms with Crippen molar-refractivity contribution in [3.05, 3.63) is 29.8 Å². The van der Waals surface area contributed by atoms with Crippen LogP contribution in [0.25, 0.3) is 0 Å². The first-order valence-corrected chi connectivity index (χ1v) is 8.72. The summed E-state index contributed by atoms with van der Waals surface area (Å²) < 4.78 is 11.8. The van der Waals surface area contributed by atoms with E-state index in [1.165, 1.54) is 0 Å². The highest BCUT2D eigenvalue weighted by Gasteiger charge is 2.43. The van der Waals surface area contributed by atoms with Crippen molar-refractivity contribution in [3.63, 3.8) is 0 Å². The van der Waals surface area contributed by atoms with E-state index >= 15 is 0 Å². The van der Waals surface area contributed by atoms with Crippen LogP contribution >= 0.6 is 0 Å². The van der Waals surface area contributed by atoms with Crippen LogP contribution in [0.15, 0.2) is 24.3 Å². The molecule has 1 aromatic carbocycles. The van der Waals surface area contributed by atoms with Gasteiger partial charge in [-0.25, -0.2) is 0 Å². The van der Waals surface area contributed by atoms with E-state index in [1.807, 2.05) is 24.3 Å². The number of nitrogens with zero attached hydrogens (tertiary/aromatic N) is 3. The summed E-state index contributed by atoms with van der Waals surface area (Å²) in [5.74, 6) is -0.0171. The molecule has 0 aliphatic carbocycles. The molecule has 25 heavy (non-hydrogen) atoms. The van der Waals surface area contributed by atoms with Crippen LogP contribution in [0.3, 0.4) is 0 Å². The molecule has 0 saturated carbocycles. The standard InChI is InChI=1S/C19H25N3O3/c1-21(2)18(23)14-24-17-11-19(25-13-17)7-9-22(10-8-19)16-5-3-15(12-20)4-6-16/h3-6,17H,7-11,13-14H2,1-2H3/t17-/m0/s1. The fraction of sp³-hybridized carbons (Fsp3) is 0.579. The van der Waals surface area contributed by atoms with Crippen molar-refractivity contribution in [1.82, 2.24) is 4.90 Å². The Kier molecular flexibility index (Phi) is 5.26. The molecule has 0 unspecified atom stereocenters. The molecular formula is C19H25N3O3. The van der Waals surface area contributed by atoms with E-state index < -0.39 is 0 Å². The lowest BCUT2D eigenvalue weighted by Gasteiger charge is -2.39. The number of benzene rings is 1. The number of carbonyl (C=O) groups is 1. The Morgan fingerprint density at radius 1 is 1.36 bits per heavy atom. The van der Waals surface area contributed by atoms with Crippen LogP contribution in [0.4, 0.5) is 5.69 Å². The van der Waals surface area contributed by atoms with Crippen LogP contribution in [0.5, 0.6) is 0 Å². The lowest BCUT2D eigenvalue weighted by atomic mass is 9.87. The molecule has 1 atom stereocenters. The van der Waals surface area contributed by atoms with Crippen LogP contribution < -0.4 is 4.90 Å². The summed E-state index contributed by atoms with van der Waals surface area (Å²) in [5.41, 5.74) is 1.72. The van der Waals surface area contributed by atoms with Gasteiger partial charge in [0.1, 0.15) is 6.61 Å². The predicted octanol–water partition coefficient (Wildman–Crippen LogP) is 1.79. The van der Waals surface area contributed by atoms with Gasteiger partial charge in [0.2, 0.25) is 5.91 Å². The third-order valence-electron chi connectivity index (χ3n) is 5.15. The number of likely N-dealkylation sites (N-methyl/N-ethyl adjacent to an activating group) is 1. The fourth-order valence-electron chi connectivity index (χ4n) is 3.50. The highest BCUT2D eigenvalue weighted by molar-refractivity contribution is 5.76. The molecule has 3 rings (SSSR count). The van der Waals surface area contributed by atoms with Gasteiger partial charge in [-0.1, -0.05) is 0 Å². The third kappa shape index (κ3) is 4.12. The van der Waals surface area contributed by atoms with Gasteiger partial charge in [-0.15, -0.1) is 0 Å². The number of amides is 1. The molecule has 2 aliphatic heterocycles. The minimum atomic E-state index is -0.116. The smallest absolute Gasteiger partial charge is 0.248 e. The first-order chi connectivity index (χ1) is 12.0. The van der Waals surface area contributed by atoms with Crippen LogP contribution in [-0.4, -0.2) is 62.9 Å². The number of carbonyl (C=O) groups excluding carboxylic acids is 1. The highest BCUT2D eigenvalue weighted by atomic mass is 16.6. The van der Waals surface area contributed by atoms with E-state index in [0.29, 0.717) is 12.2 Å². The minimum absolute atomic E-state index is 0.00496. The van der Waals surface area contributed by atoms with Crippen molar-refractivity contribution < 1.29 is 14.3 Å². The van der Waals surface area contributed by atoms with Gasteiger partial charge in [0.25, 0.3) is 0 Å². The molecule has 0 aromatic heterocycles. The second-order valence-electron chi connectivity index (χ2n) is 7.07. The van der Waals surface area contributed by atoms with Crippen LogP contribution in [-0.2, 0) is 14.3 Å². The summed E-state index contributed by atoms with van der Waals surface area (Å²) in [6.45, 7) is 2.54. The molecule has 2 heterocycles. The molecule has 1 aromatic rings. The first-order valence-electron chi connectivity index (χ1n) is 8.72. The molecular weight excluding hydrogens is 318 g/mol. The number of rotatable bonds is 4. The Morgan fingerprint density at radius 2 is 2.04 bits per heavy atom. The maximum atomic E-state index is 11.6. The number of hydrogen-bond acceptors (Lipinski definition) is 5. The van der Waals surface area contributed by atoms with Crippen LogP contribution in [0.2, 0.25) is 0 Å². The Bertz CT molecular complexity index is 643. The number of anilines is 1. The summed E-state index contributed by atoms with van der Waals surface area (Å²) in [7, 11) is 3.47. The zero-order chi connectivity index (χ0) is 17.9. The summed E-state index contributed by atoms with van der Waals surface area (Å²) >= 11 is 0. The third-order valence-corrected chi connectivity index (χ3v) is 5.15. The molecule has 2 fully saturated rings. The molecule has 1 amide bonds. The second-order valence-corrected chi connectivity index (χ2v) is 7.07. The molecule has 134 valence electrons. The molecule has 6 heteroatoms. The zero-order valence-corrected chi connectivity index (χ0v) is 14.9. The average molecular weight is 343 g/mol. The van der Waals surface area contributed by atoms with Gasteiger partial charge < -0.3 is 19.3 Å². The lowest BCUT2D eigenvalue weighted by molar-refractivity contribution is -0.135. The predicted molar refractivity (Wildman–Crippen MR) is 94.3 cm³/mol. The highest BCUT2D eigenvalue weighted by Crippen LogP contribution is 2.38. The number of nitriles is 1. The average Bonchev–Trinajstić information content (AvgIpc) is 3.03. The summed E-state index contributed by atoms with van der Waals surface area (Å²) in [6, 6.07) is 9.88. The maximum absolute atomic E-state index is 11.6. The maximum Gasteiger partial charge on any atom is 0.248 e. The Balaban J connectivity index is 1.50. The topological polar surface area (TPSA) is 65.8 Å². The molecule has 2 saturated heterocycles. The van der Waals surface area contributed by atoms with Crippen molar-refractivity contribution in [2.24, 2.45) is 0 Å². The fourth-order valence-corrected chi connectivity index (χ4v) is 3.50. The molecule has 1 spiro atoms. The van der Waals surface area contributed by atoms with Gasteiger partial charge in [-0.05, 0) is 37.1 Å². The van der Waals surface area contributed by atoms with Gasteiger partial charge in [0, 0.05) is 39.3 Å². The quantitative estimate of drug-likeness (QED) is 0.834. The van der Waals surface area contributed by atoms with E-state index in [9.17, 15) is 4.79 Å². The van der Waals surface area contributed by atoms with Crippen molar-refractivity contribution >= 4 is 11.6 Å². The van der Waals surface area contributed by atoms with Gasteiger partial charge in [0.05, 0.1) is 29.9 Å². The number of hydrogen-bond donors (Lipinski definition) is 0. The van der Waals surface area contributed by atoms with E-state index in [2.05, 4.69) is 11.0 Å². The summed E-state index contributed by atoms with van der Waals surface area (Å²) in [6.07, 6.45) is 2.77. The molecule has 0 radical (unpaired) electrons. The van der Waals surface area contributed by atoms with E-state index in [-0.39, 0.29) is 24.2 Å². The summed E-state index contributed by atoms with van der Waals surface area (Å²) in [5, 5.41) is 8.90. The van der Waals surface area contributed by atoms with Crippen LogP contribution in [0.1, 0.15) is 24.8 Å².